The Morgan fingerprint density at radius 1 is 0.727 bits per heavy atom. The molecule has 0 spiro atoms. The number of aliphatic hydroxyl groups is 4. The molecule has 0 aromatic carbocycles. The minimum atomic E-state index is -5.07. The predicted octanol–water partition coefficient (Wildman–Crippen LogP) is 7.77. The van der Waals surface area contributed by atoms with Crippen LogP contribution in [0.1, 0.15) is 181 Å². The maximum atomic E-state index is 13.0. The Kier molecular flexibility index (Phi) is 31.5. The molecule has 12 nitrogen and oxygen atoms in total. The summed E-state index contributed by atoms with van der Waals surface area (Å²) in [5, 5.41) is 44.7. The topological polar surface area (TPSA) is 192 Å². The number of allylic oxidation sites excluding steroid dienone is 4. The maximum absolute atomic E-state index is 13.0. The molecule has 0 aliphatic carbocycles. The Balaban J connectivity index is 2.55. The summed E-state index contributed by atoms with van der Waals surface area (Å²) in [6.45, 7) is 3.39. The number of unbranched alkanes of at least 4 members (excludes halogenated alkanes) is 21. The molecular formula is C42H79NO11S. The van der Waals surface area contributed by atoms with Crippen LogP contribution >= 0.6 is 0 Å². The molecule has 0 aromatic heterocycles. The largest absolute Gasteiger partial charge is 0.397 e. The van der Waals surface area contributed by atoms with E-state index in [9.17, 15) is 33.6 Å². The average Bonchev–Trinajstić information content (AvgIpc) is 3.15. The highest BCUT2D eigenvalue weighted by Gasteiger charge is 2.48. The Labute approximate surface area is 333 Å². The molecule has 1 aliphatic rings. The van der Waals surface area contributed by atoms with Crippen molar-refractivity contribution in [3.05, 3.63) is 24.3 Å². The monoisotopic (exact) mass is 806 g/mol. The lowest BCUT2D eigenvalue weighted by molar-refractivity contribution is -0.298. The van der Waals surface area contributed by atoms with Gasteiger partial charge in [0.25, 0.3) is 0 Å². The molecule has 1 amide bonds. The van der Waals surface area contributed by atoms with Gasteiger partial charge in [0.05, 0.1) is 25.4 Å². The van der Waals surface area contributed by atoms with E-state index in [0.717, 1.165) is 70.6 Å². The van der Waals surface area contributed by atoms with Gasteiger partial charge in [-0.3, -0.25) is 9.35 Å². The highest BCUT2D eigenvalue weighted by molar-refractivity contribution is 7.80. The van der Waals surface area contributed by atoms with E-state index >= 15 is 0 Å². The van der Waals surface area contributed by atoms with Crippen LogP contribution in [0.4, 0.5) is 0 Å². The number of rotatable bonds is 36. The van der Waals surface area contributed by atoms with Crippen molar-refractivity contribution in [1.29, 1.82) is 0 Å². The molecule has 1 saturated heterocycles. The van der Waals surface area contributed by atoms with E-state index in [2.05, 4.69) is 47.7 Å². The SMILES string of the molecule is CCCCC/C=C\C=C/CCCCCCCCC(=O)NC(COC1OC(CO)C(O)C(OS(=O)(=O)O)C1O)C(O)CCCCCCCCCCCCCCC. The molecule has 1 heterocycles. The van der Waals surface area contributed by atoms with Crippen molar-refractivity contribution in [2.75, 3.05) is 13.2 Å². The molecule has 0 aromatic rings. The van der Waals surface area contributed by atoms with Gasteiger partial charge in [-0.15, -0.1) is 0 Å². The summed E-state index contributed by atoms with van der Waals surface area (Å²) < 4.78 is 47.5. The second-order valence-electron chi connectivity index (χ2n) is 15.3. The van der Waals surface area contributed by atoms with Crippen molar-refractivity contribution in [3.8, 4) is 0 Å². The number of hydrogen-bond donors (Lipinski definition) is 6. The first-order chi connectivity index (χ1) is 26.5. The van der Waals surface area contributed by atoms with Crippen molar-refractivity contribution in [2.45, 2.75) is 224 Å². The first kappa shape index (κ1) is 51.6. The third-order valence-corrected chi connectivity index (χ3v) is 10.8. The smallest absolute Gasteiger partial charge is 0.394 e. The van der Waals surface area contributed by atoms with Crippen LogP contribution in [0.5, 0.6) is 0 Å². The van der Waals surface area contributed by atoms with Gasteiger partial charge in [0.15, 0.2) is 6.29 Å². The summed E-state index contributed by atoms with van der Waals surface area (Å²) >= 11 is 0. The number of carbonyl (C=O) groups excluding carboxylic acids is 1. The van der Waals surface area contributed by atoms with Crippen LogP contribution < -0.4 is 5.32 Å². The first-order valence-electron chi connectivity index (χ1n) is 21.7. The zero-order valence-electron chi connectivity index (χ0n) is 34.2. The van der Waals surface area contributed by atoms with Gasteiger partial charge >= 0.3 is 10.4 Å². The molecule has 1 aliphatic heterocycles. The van der Waals surface area contributed by atoms with E-state index in [1.54, 1.807) is 0 Å². The molecule has 7 unspecified atom stereocenters. The van der Waals surface area contributed by atoms with E-state index in [0.29, 0.717) is 12.8 Å². The third kappa shape index (κ3) is 27.0. The van der Waals surface area contributed by atoms with Crippen LogP contribution in [0.15, 0.2) is 24.3 Å². The zero-order valence-corrected chi connectivity index (χ0v) is 35.1. The fourth-order valence-corrected chi connectivity index (χ4v) is 7.37. The summed E-state index contributed by atoms with van der Waals surface area (Å²) in [5.41, 5.74) is 0. The summed E-state index contributed by atoms with van der Waals surface area (Å²) in [6.07, 6.45) is 27.5. The summed E-state index contributed by atoms with van der Waals surface area (Å²) in [6, 6.07) is -0.861. The van der Waals surface area contributed by atoms with Gasteiger partial charge in [-0.05, 0) is 38.5 Å². The Morgan fingerprint density at radius 3 is 1.73 bits per heavy atom. The van der Waals surface area contributed by atoms with Crippen LogP contribution in [0.25, 0.3) is 0 Å². The van der Waals surface area contributed by atoms with Gasteiger partial charge in [0.2, 0.25) is 5.91 Å². The summed E-state index contributed by atoms with van der Waals surface area (Å²) in [7, 11) is -5.07. The molecular weight excluding hydrogens is 727 g/mol. The van der Waals surface area contributed by atoms with E-state index in [4.69, 9.17) is 14.0 Å². The van der Waals surface area contributed by atoms with Gasteiger partial charge in [0, 0.05) is 6.42 Å². The van der Waals surface area contributed by atoms with Crippen LogP contribution in [-0.2, 0) is 28.9 Å². The molecule has 1 rings (SSSR count). The molecule has 324 valence electrons. The Hall–Kier alpha value is -1.42. The van der Waals surface area contributed by atoms with E-state index in [1.165, 1.54) is 77.0 Å². The van der Waals surface area contributed by atoms with E-state index in [-0.39, 0.29) is 18.9 Å². The van der Waals surface area contributed by atoms with Gasteiger partial charge in [-0.1, -0.05) is 160 Å². The summed E-state index contributed by atoms with van der Waals surface area (Å²) in [4.78, 5) is 13.0. The fourth-order valence-electron chi connectivity index (χ4n) is 6.86. The molecule has 6 N–H and O–H groups in total. The molecule has 55 heavy (non-hydrogen) atoms. The fraction of sp³-hybridized carbons (Fsp3) is 0.881. The quantitative estimate of drug-likeness (QED) is 0.0206. The van der Waals surface area contributed by atoms with Gasteiger partial charge in [-0.25, -0.2) is 4.18 Å². The van der Waals surface area contributed by atoms with Crippen molar-refractivity contribution >= 4 is 16.3 Å². The Bertz CT molecular complexity index is 1090. The van der Waals surface area contributed by atoms with Crippen molar-refractivity contribution in [2.24, 2.45) is 0 Å². The van der Waals surface area contributed by atoms with Crippen LogP contribution in [0.2, 0.25) is 0 Å². The minimum Gasteiger partial charge on any atom is -0.394 e. The van der Waals surface area contributed by atoms with Crippen molar-refractivity contribution in [3.63, 3.8) is 0 Å². The summed E-state index contributed by atoms with van der Waals surface area (Å²) in [5.74, 6) is -0.243. The number of aliphatic hydroxyl groups excluding tert-OH is 4. The van der Waals surface area contributed by atoms with E-state index in [1.807, 2.05) is 0 Å². The van der Waals surface area contributed by atoms with Crippen molar-refractivity contribution < 1.29 is 51.8 Å². The number of ether oxygens (including phenoxy) is 2. The van der Waals surface area contributed by atoms with Crippen LogP contribution in [0.3, 0.4) is 0 Å². The highest BCUT2D eigenvalue weighted by Crippen LogP contribution is 2.26. The number of amides is 1. The molecule has 0 radical (unpaired) electrons. The number of hydrogen-bond acceptors (Lipinski definition) is 10. The number of carbonyl (C=O) groups is 1. The lowest BCUT2D eigenvalue weighted by atomic mass is 9.99. The molecule has 0 saturated carbocycles. The average molecular weight is 806 g/mol. The third-order valence-electron chi connectivity index (χ3n) is 10.3. The second kappa shape index (κ2) is 33.5. The predicted molar refractivity (Wildman–Crippen MR) is 218 cm³/mol. The zero-order chi connectivity index (χ0) is 40.6. The van der Waals surface area contributed by atoms with Gasteiger partial charge in [-0.2, -0.15) is 8.42 Å². The highest BCUT2D eigenvalue weighted by atomic mass is 32.3. The standard InChI is InChI=1S/C42H79NO11S/c1-3-5-7-9-11-13-15-17-18-20-22-24-26-28-30-32-38(46)43-35(36(45)31-29-27-25-23-21-19-16-14-12-10-8-6-4-2)34-52-42-40(48)41(54-55(49,50)51)39(47)37(33-44)53-42/h11,13,15,17,35-37,39-42,44-45,47-48H,3-10,12,14,16,18-34H2,1-2H3,(H,43,46)(H,49,50,51)/b13-11-,17-15-. The lowest BCUT2D eigenvalue weighted by Gasteiger charge is -2.41. The lowest BCUT2D eigenvalue weighted by Crippen LogP contribution is -2.61. The molecule has 13 heteroatoms. The molecule has 7 atom stereocenters. The van der Waals surface area contributed by atoms with Gasteiger partial charge < -0.3 is 35.2 Å². The van der Waals surface area contributed by atoms with Crippen molar-refractivity contribution in [1.82, 2.24) is 5.32 Å². The minimum absolute atomic E-state index is 0.243. The first-order valence-corrected chi connectivity index (χ1v) is 23.1. The second-order valence-corrected chi connectivity index (χ2v) is 16.4. The maximum Gasteiger partial charge on any atom is 0.397 e. The Morgan fingerprint density at radius 2 is 1.20 bits per heavy atom. The van der Waals surface area contributed by atoms with Crippen LogP contribution in [0, 0.1) is 0 Å². The van der Waals surface area contributed by atoms with Gasteiger partial charge in [0.1, 0.15) is 24.4 Å². The van der Waals surface area contributed by atoms with Crippen LogP contribution in [-0.4, -0.2) is 95.4 Å². The molecule has 1 fully saturated rings. The van der Waals surface area contributed by atoms with E-state index < -0.39 is 59.9 Å². The molecule has 0 bridgehead atoms. The number of nitrogens with one attached hydrogen (secondary N) is 1. The normalized spacial score (nSPS) is 21.8.